The molecule has 0 spiro atoms. The van der Waals surface area contributed by atoms with Crippen LogP contribution in [-0.4, -0.2) is 14.0 Å². The maximum Gasteiger partial charge on any atom is 0.241 e. The van der Waals surface area contributed by atoms with Crippen LogP contribution in [0.1, 0.15) is 31.2 Å². The van der Waals surface area contributed by atoms with Crippen molar-refractivity contribution in [3.8, 4) is 12.1 Å². The molecular weight excluding hydrogens is 281 g/mol. The average molecular weight is 293 g/mol. The third kappa shape index (κ3) is 2.64. The lowest BCUT2D eigenvalue weighted by molar-refractivity contribution is 0.485. The summed E-state index contributed by atoms with van der Waals surface area (Å²) in [6.45, 7) is 0. The Morgan fingerprint density at radius 3 is 2.45 bits per heavy atom. The summed E-state index contributed by atoms with van der Waals surface area (Å²) in [5.41, 5.74) is -1.44. The van der Waals surface area contributed by atoms with Gasteiger partial charge in [0.15, 0.2) is 0 Å². The summed E-state index contributed by atoms with van der Waals surface area (Å²) >= 11 is 0. The third-order valence-electron chi connectivity index (χ3n) is 3.37. The Morgan fingerprint density at radius 1 is 1.25 bits per heavy atom. The average Bonchev–Trinajstić information content (AvgIpc) is 2.87. The number of halogens is 1. The first-order chi connectivity index (χ1) is 9.42. The highest BCUT2D eigenvalue weighted by atomic mass is 32.2. The van der Waals surface area contributed by atoms with Crippen molar-refractivity contribution in [2.75, 3.05) is 0 Å². The molecule has 0 atom stereocenters. The second-order valence-corrected chi connectivity index (χ2v) is 6.44. The maximum absolute atomic E-state index is 13.2. The van der Waals surface area contributed by atoms with E-state index < -0.39 is 21.4 Å². The summed E-state index contributed by atoms with van der Waals surface area (Å²) in [5, 5.41) is 17.9. The van der Waals surface area contributed by atoms with E-state index in [2.05, 4.69) is 4.72 Å². The van der Waals surface area contributed by atoms with Gasteiger partial charge in [0.05, 0.1) is 16.5 Å². The van der Waals surface area contributed by atoms with Gasteiger partial charge in [-0.25, -0.2) is 12.8 Å². The maximum atomic E-state index is 13.2. The van der Waals surface area contributed by atoms with Gasteiger partial charge in [-0.3, -0.25) is 0 Å². The zero-order chi connectivity index (χ0) is 14.8. The highest BCUT2D eigenvalue weighted by Crippen LogP contribution is 2.30. The molecule has 104 valence electrons. The first kappa shape index (κ1) is 14.4. The van der Waals surface area contributed by atoms with Gasteiger partial charge in [0.1, 0.15) is 17.4 Å². The van der Waals surface area contributed by atoms with Gasteiger partial charge in [-0.2, -0.15) is 15.2 Å². The van der Waals surface area contributed by atoms with Crippen molar-refractivity contribution < 1.29 is 12.8 Å². The van der Waals surface area contributed by atoms with E-state index in [1.807, 2.05) is 6.07 Å². The van der Waals surface area contributed by atoms with E-state index in [0.29, 0.717) is 12.8 Å². The van der Waals surface area contributed by atoms with E-state index in [1.54, 1.807) is 6.07 Å². The lowest BCUT2D eigenvalue weighted by Crippen LogP contribution is -2.44. The summed E-state index contributed by atoms with van der Waals surface area (Å²) in [4.78, 5) is -0.211. The molecule has 0 aliphatic heterocycles. The predicted molar refractivity (Wildman–Crippen MR) is 68.2 cm³/mol. The second-order valence-electron chi connectivity index (χ2n) is 4.76. The van der Waals surface area contributed by atoms with Crippen molar-refractivity contribution in [2.24, 2.45) is 0 Å². The van der Waals surface area contributed by atoms with Crippen molar-refractivity contribution in [3.63, 3.8) is 0 Å². The van der Waals surface area contributed by atoms with Gasteiger partial charge in [0.2, 0.25) is 10.0 Å². The number of hydrogen-bond acceptors (Lipinski definition) is 4. The Bertz CT molecular complexity index is 710. The molecule has 20 heavy (non-hydrogen) atoms. The molecule has 1 aliphatic rings. The zero-order valence-electron chi connectivity index (χ0n) is 10.6. The van der Waals surface area contributed by atoms with Crippen molar-refractivity contribution in [2.45, 2.75) is 36.1 Å². The normalized spacial score (nSPS) is 17.4. The molecule has 7 heteroatoms. The summed E-state index contributed by atoms with van der Waals surface area (Å²) in [5.74, 6) is -0.776. The van der Waals surface area contributed by atoms with E-state index in [4.69, 9.17) is 5.26 Å². The molecule has 1 aromatic carbocycles. The van der Waals surface area contributed by atoms with Crippen molar-refractivity contribution in [1.82, 2.24) is 4.72 Å². The number of benzene rings is 1. The molecular formula is C13H12FN3O2S. The number of nitrogens with zero attached hydrogens (tertiary/aromatic N) is 2. The standard InChI is InChI=1S/C13H12FN3O2S/c14-12-4-3-11(7-10(12)8-15)20(18,19)17-13(9-16)5-1-2-6-13/h3-4,7,17H,1-2,5-6H2. The molecule has 1 N–H and O–H groups in total. The van der Waals surface area contributed by atoms with Crippen LogP contribution in [0.25, 0.3) is 0 Å². The number of nitrogens with one attached hydrogen (secondary N) is 1. The topological polar surface area (TPSA) is 93.8 Å². The van der Waals surface area contributed by atoms with Crippen LogP contribution in [0.4, 0.5) is 4.39 Å². The monoisotopic (exact) mass is 293 g/mol. The first-order valence-corrected chi connectivity index (χ1v) is 7.56. The molecule has 1 aromatic rings. The fourth-order valence-electron chi connectivity index (χ4n) is 2.29. The van der Waals surface area contributed by atoms with E-state index in [9.17, 15) is 18.1 Å². The summed E-state index contributed by atoms with van der Waals surface area (Å²) in [6.07, 6.45) is 2.47. The molecule has 0 unspecified atom stereocenters. The molecule has 0 bridgehead atoms. The fourth-order valence-corrected chi connectivity index (χ4v) is 3.69. The molecule has 0 saturated heterocycles. The van der Waals surface area contributed by atoms with Crippen molar-refractivity contribution >= 4 is 10.0 Å². The Labute approximate surface area is 116 Å². The smallest absolute Gasteiger partial charge is 0.207 e. The van der Waals surface area contributed by atoms with E-state index in [-0.39, 0.29) is 10.5 Å². The third-order valence-corrected chi connectivity index (χ3v) is 4.90. The summed E-state index contributed by atoms with van der Waals surface area (Å²) in [6, 6.07) is 6.59. The van der Waals surface area contributed by atoms with Crippen LogP contribution in [0, 0.1) is 28.5 Å². The quantitative estimate of drug-likeness (QED) is 0.919. The van der Waals surface area contributed by atoms with Gasteiger partial charge < -0.3 is 0 Å². The second kappa shape index (κ2) is 5.20. The van der Waals surface area contributed by atoms with E-state index in [0.717, 1.165) is 31.0 Å². The highest BCUT2D eigenvalue weighted by Gasteiger charge is 2.38. The molecule has 1 saturated carbocycles. The minimum Gasteiger partial charge on any atom is -0.207 e. The van der Waals surface area contributed by atoms with E-state index >= 15 is 0 Å². The molecule has 0 aromatic heterocycles. The molecule has 2 rings (SSSR count). The Kier molecular flexibility index (Phi) is 3.76. The fraction of sp³-hybridized carbons (Fsp3) is 0.385. The van der Waals surface area contributed by atoms with Crippen LogP contribution >= 0.6 is 0 Å². The summed E-state index contributed by atoms with van der Waals surface area (Å²) < 4.78 is 40.1. The molecule has 5 nitrogen and oxygen atoms in total. The van der Waals surface area contributed by atoms with Gasteiger partial charge in [-0.05, 0) is 31.0 Å². The minimum absolute atomic E-state index is 0.211. The van der Waals surface area contributed by atoms with Crippen LogP contribution in [-0.2, 0) is 10.0 Å². The van der Waals surface area contributed by atoms with Gasteiger partial charge >= 0.3 is 0 Å². The van der Waals surface area contributed by atoms with Gasteiger partial charge in [0, 0.05) is 0 Å². The molecule has 0 radical (unpaired) electrons. The van der Waals surface area contributed by atoms with Gasteiger partial charge in [-0.1, -0.05) is 12.8 Å². The van der Waals surface area contributed by atoms with E-state index in [1.165, 1.54) is 0 Å². The van der Waals surface area contributed by atoms with Crippen LogP contribution in [0.2, 0.25) is 0 Å². The minimum atomic E-state index is -3.95. The first-order valence-electron chi connectivity index (χ1n) is 6.07. The van der Waals surface area contributed by atoms with Crippen molar-refractivity contribution in [3.05, 3.63) is 29.6 Å². The Balaban J connectivity index is 2.37. The van der Waals surface area contributed by atoms with Crippen LogP contribution in [0.5, 0.6) is 0 Å². The van der Waals surface area contributed by atoms with Crippen LogP contribution in [0.15, 0.2) is 23.1 Å². The van der Waals surface area contributed by atoms with Gasteiger partial charge in [-0.15, -0.1) is 0 Å². The SMILES string of the molecule is N#Cc1cc(S(=O)(=O)NC2(C#N)CCCC2)ccc1F. The number of sulfonamides is 1. The molecule has 0 amide bonds. The van der Waals surface area contributed by atoms with Crippen LogP contribution < -0.4 is 4.72 Å². The Hall–Kier alpha value is -1.96. The highest BCUT2D eigenvalue weighted by molar-refractivity contribution is 7.89. The lowest BCUT2D eigenvalue weighted by Gasteiger charge is -2.21. The number of nitriles is 2. The number of hydrogen-bond donors (Lipinski definition) is 1. The summed E-state index contributed by atoms with van der Waals surface area (Å²) in [7, 11) is -3.95. The number of rotatable bonds is 3. The van der Waals surface area contributed by atoms with Crippen molar-refractivity contribution in [1.29, 1.82) is 10.5 Å². The predicted octanol–water partition coefficient (Wildman–Crippen LogP) is 1.81. The molecule has 0 heterocycles. The zero-order valence-corrected chi connectivity index (χ0v) is 11.4. The Morgan fingerprint density at radius 2 is 1.90 bits per heavy atom. The van der Waals surface area contributed by atoms with Gasteiger partial charge in [0.25, 0.3) is 0 Å². The molecule has 1 aliphatic carbocycles. The molecule has 1 fully saturated rings. The largest absolute Gasteiger partial charge is 0.241 e. The lowest BCUT2D eigenvalue weighted by atomic mass is 10.0. The van der Waals surface area contributed by atoms with Crippen LogP contribution in [0.3, 0.4) is 0 Å².